The monoisotopic (exact) mass is 270 g/mol. The van der Waals surface area contributed by atoms with Gasteiger partial charge in [-0.05, 0) is 34.5 Å². The molecule has 1 aromatic heterocycles. The highest BCUT2D eigenvalue weighted by molar-refractivity contribution is 9.10. The van der Waals surface area contributed by atoms with E-state index in [-0.39, 0.29) is 21.7 Å². The van der Waals surface area contributed by atoms with E-state index in [1.807, 2.05) is 0 Å². The predicted octanol–water partition coefficient (Wildman–Crippen LogP) is 2.63. The number of nitrogens with two attached hydrogens (primary N) is 1. The maximum atomic E-state index is 11.9. The molecule has 1 aromatic rings. The third-order valence-corrected chi connectivity index (χ3v) is 1.89. The van der Waals surface area contributed by atoms with Crippen molar-refractivity contribution in [3.05, 3.63) is 16.2 Å². The van der Waals surface area contributed by atoms with Crippen LogP contribution >= 0.6 is 15.9 Å². The molecule has 14 heavy (non-hydrogen) atoms. The molecule has 2 N–H and O–H groups in total. The number of aryl methyl sites for hydroxylation is 1. The number of alkyl halides is 3. The molecule has 0 aliphatic carbocycles. The van der Waals surface area contributed by atoms with Crippen molar-refractivity contribution in [1.82, 2.24) is 4.98 Å². The van der Waals surface area contributed by atoms with E-state index in [9.17, 15) is 13.2 Å². The van der Waals surface area contributed by atoms with Gasteiger partial charge in [-0.3, -0.25) is 0 Å². The van der Waals surface area contributed by atoms with Crippen LogP contribution in [0.2, 0.25) is 0 Å². The normalized spacial score (nSPS) is 11.5. The lowest BCUT2D eigenvalue weighted by Crippen LogP contribution is -2.18. The Morgan fingerprint density at radius 1 is 1.50 bits per heavy atom. The summed E-state index contributed by atoms with van der Waals surface area (Å²) in [6.07, 6.45) is -4.73. The molecule has 1 heterocycles. The molecule has 0 saturated heterocycles. The van der Waals surface area contributed by atoms with E-state index in [0.29, 0.717) is 0 Å². The van der Waals surface area contributed by atoms with Gasteiger partial charge in [0.15, 0.2) is 10.4 Å². The topological polar surface area (TPSA) is 48.1 Å². The minimum atomic E-state index is -4.73. The van der Waals surface area contributed by atoms with Gasteiger partial charge >= 0.3 is 6.36 Å². The third-order valence-electron chi connectivity index (χ3n) is 1.35. The Balaban J connectivity index is 3.09. The van der Waals surface area contributed by atoms with Crippen LogP contribution in [0.5, 0.6) is 5.75 Å². The van der Waals surface area contributed by atoms with Crippen LogP contribution in [0.4, 0.5) is 19.0 Å². The zero-order valence-corrected chi connectivity index (χ0v) is 8.61. The Morgan fingerprint density at radius 2 is 2.07 bits per heavy atom. The summed E-state index contributed by atoms with van der Waals surface area (Å²) in [6.45, 7) is 1.45. The van der Waals surface area contributed by atoms with Gasteiger partial charge < -0.3 is 10.5 Å². The number of nitrogen functional groups attached to an aromatic ring is 1. The van der Waals surface area contributed by atoms with Crippen molar-refractivity contribution in [3.8, 4) is 5.75 Å². The molecule has 0 amide bonds. The van der Waals surface area contributed by atoms with E-state index in [0.717, 1.165) is 0 Å². The van der Waals surface area contributed by atoms with Crippen LogP contribution in [0.25, 0.3) is 0 Å². The number of aromatic nitrogens is 1. The second-order valence-corrected chi connectivity index (χ2v) is 3.28. The van der Waals surface area contributed by atoms with Crippen LogP contribution in [0, 0.1) is 6.92 Å². The van der Waals surface area contributed by atoms with Gasteiger partial charge in [-0.1, -0.05) is 0 Å². The highest BCUT2D eigenvalue weighted by Gasteiger charge is 2.33. The molecule has 0 radical (unpaired) electrons. The van der Waals surface area contributed by atoms with Crippen LogP contribution in [0.15, 0.2) is 10.7 Å². The first-order valence-electron chi connectivity index (χ1n) is 3.48. The fourth-order valence-corrected chi connectivity index (χ4v) is 1.48. The smallest absolute Gasteiger partial charge is 0.403 e. The molecule has 0 unspecified atom stereocenters. The van der Waals surface area contributed by atoms with E-state index < -0.39 is 6.36 Å². The van der Waals surface area contributed by atoms with Gasteiger partial charge in [0.05, 0.1) is 0 Å². The maximum absolute atomic E-state index is 11.9. The van der Waals surface area contributed by atoms with Gasteiger partial charge in [0.25, 0.3) is 0 Å². The van der Waals surface area contributed by atoms with Crippen LogP contribution in [-0.2, 0) is 0 Å². The predicted molar refractivity (Wildman–Crippen MR) is 47.8 cm³/mol. The fourth-order valence-electron chi connectivity index (χ4n) is 0.885. The second-order valence-electron chi connectivity index (χ2n) is 2.53. The summed E-state index contributed by atoms with van der Waals surface area (Å²) in [4.78, 5) is 3.59. The average Bonchev–Trinajstić information content (AvgIpc) is 1.95. The standard InChI is InChI=1S/C7H6BrF3N2O/c1-3-2-4(12)13-6(8)5(3)14-7(9,10)11/h2H,1H3,(H2,12,13). The van der Waals surface area contributed by atoms with E-state index in [1.165, 1.54) is 13.0 Å². The zero-order valence-electron chi connectivity index (χ0n) is 7.02. The maximum Gasteiger partial charge on any atom is 0.573 e. The third kappa shape index (κ3) is 2.76. The van der Waals surface area contributed by atoms with Crippen molar-refractivity contribution >= 4 is 21.7 Å². The average molecular weight is 271 g/mol. The Morgan fingerprint density at radius 3 is 2.50 bits per heavy atom. The summed E-state index contributed by atoms with van der Waals surface area (Å²) < 4.78 is 39.4. The summed E-state index contributed by atoms with van der Waals surface area (Å²) in [6, 6.07) is 1.30. The van der Waals surface area contributed by atoms with E-state index in [2.05, 4.69) is 25.7 Å². The van der Waals surface area contributed by atoms with Gasteiger partial charge in [0, 0.05) is 0 Å². The first-order valence-corrected chi connectivity index (χ1v) is 4.27. The molecule has 0 saturated carbocycles. The lowest BCUT2D eigenvalue weighted by Gasteiger charge is -2.12. The van der Waals surface area contributed by atoms with E-state index in [4.69, 9.17) is 5.73 Å². The van der Waals surface area contributed by atoms with Gasteiger partial charge in [-0.25, -0.2) is 4.98 Å². The molecule has 0 aliphatic rings. The van der Waals surface area contributed by atoms with Gasteiger partial charge in [-0.15, -0.1) is 13.2 Å². The second kappa shape index (κ2) is 3.64. The largest absolute Gasteiger partial charge is 0.573 e. The molecule has 0 atom stereocenters. The Labute approximate surface area is 86.2 Å². The molecule has 1 rings (SSSR count). The number of ether oxygens (including phenoxy) is 1. The molecule has 0 bridgehead atoms. The van der Waals surface area contributed by atoms with Crippen molar-refractivity contribution in [2.24, 2.45) is 0 Å². The number of halogens is 4. The van der Waals surface area contributed by atoms with Crippen LogP contribution in [0.3, 0.4) is 0 Å². The number of anilines is 1. The molecule has 7 heteroatoms. The summed E-state index contributed by atoms with van der Waals surface area (Å²) in [5.74, 6) is -0.240. The van der Waals surface area contributed by atoms with Crippen LogP contribution < -0.4 is 10.5 Å². The highest BCUT2D eigenvalue weighted by atomic mass is 79.9. The molecule has 0 aromatic carbocycles. The summed E-state index contributed by atoms with van der Waals surface area (Å²) in [7, 11) is 0. The number of rotatable bonds is 1. The number of hydrogen-bond acceptors (Lipinski definition) is 3. The van der Waals surface area contributed by atoms with Gasteiger partial charge in [0.1, 0.15) is 5.82 Å². The summed E-state index contributed by atoms with van der Waals surface area (Å²) >= 11 is 2.83. The fraction of sp³-hybridized carbons (Fsp3) is 0.286. The molecule has 78 valence electrons. The minimum Gasteiger partial charge on any atom is -0.403 e. The Hall–Kier alpha value is -0.980. The van der Waals surface area contributed by atoms with Crippen molar-refractivity contribution in [1.29, 1.82) is 0 Å². The molecule has 0 aliphatic heterocycles. The Bertz CT molecular complexity index is 330. The summed E-state index contributed by atoms with van der Waals surface area (Å²) in [5, 5.41) is 0. The molecule has 0 fully saturated rings. The van der Waals surface area contributed by atoms with Crippen LogP contribution in [0.1, 0.15) is 5.56 Å². The minimum absolute atomic E-state index is 0.0627. The number of nitrogens with zero attached hydrogens (tertiary/aromatic N) is 1. The molecule has 0 spiro atoms. The van der Waals surface area contributed by atoms with Crippen molar-refractivity contribution in [2.75, 3.05) is 5.73 Å². The molecular formula is C7H6BrF3N2O. The van der Waals surface area contributed by atoms with Crippen molar-refractivity contribution in [3.63, 3.8) is 0 Å². The summed E-state index contributed by atoms with van der Waals surface area (Å²) in [5.41, 5.74) is 5.58. The zero-order chi connectivity index (χ0) is 10.9. The van der Waals surface area contributed by atoms with E-state index >= 15 is 0 Å². The highest BCUT2D eigenvalue weighted by Crippen LogP contribution is 2.32. The van der Waals surface area contributed by atoms with Gasteiger partial charge in [0.2, 0.25) is 0 Å². The Kier molecular flexibility index (Phi) is 2.89. The van der Waals surface area contributed by atoms with Gasteiger partial charge in [-0.2, -0.15) is 0 Å². The SMILES string of the molecule is Cc1cc(N)nc(Br)c1OC(F)(F)F. The first kappa shape index (κ1) is 11.1. The number of pyridine rings is 1. The lowest BCUT2D eigenvalue weighted by molar-refractivity contribution is -0.275. The molecular weight excluding hydrogens is 265 g/mol. The molecule has 3 nitrogen and oxygen atoms in total. The first-order chi connectivity index (χ1) is 6.29. The van der Waals surface area contributed by atoms with Crippen molar-refractivity contribution < 1.29 is 17.9 Å². The van der Waals surface area contributed by atoms with E-state index in [1.54, 1.807) is 0 Å². The van der Waals surface area contributed by atoms with Crippen LogP contribution in [-0.4, -0.2) is 11.3 Å². The lowest BCUT2D eigenvalue weighted by atomic mass is 10.3. The number of hydrogen-bond donors (Lipinski definition) is 1. The van der Waals surface area contributed by atoms with Crippen molar-refractivity contribution in [2.45, 2.75) is 13.3 Å². The quantitative estimate of drug-likeness (QED) is 0.799.